The average molecular weight is 317 g/mol. The maximum Gasteiger partial charge on any atom is 0.220 e. The van der Waals surface area contributed by atoms with E-state index in [-0.39, 0.29) is 5.91 Å². The van der Waals surface area contributed by atoms with E-state index in [4.69, 9.17) is 0 Å². The second-order valence-electron chi connectivity index (χ2n) is 6.82. The highest BCUT2D eigenvalue weighted by atomic mass is 16.1. The molecule has 1 fully saturated rings. The van der Waals surface area contributed by atoms with Crippen LogP contribution in [0.2, 0.25) is 0 Å². The summed E-state index contributed by atoms with van der Waals surface area (Å²) in [6.07, 6.45) is 2.87. The lowest BCUT2D eigenvalue weighted by molar-refractivity contribution is -0.121. The third kappa shape index (κ3) is 6.61. The van der Waals surface area contributed by atoms with Gasteiger partial charge in [0, 0.05) is 44.8 Å². The molecule has 0 bridgehead atoms. The van der Waals surface area contributed by atoms with Crippen molar-refractivity contribution in [1.82, 2.24) is 10.2 Å². The molecule has 1 amide bonds. The van der Waals surface area contributed by atoms with E-state index in [9.17, 15) is 4.79 Å². The van der Waals surface area contributed by atoms with Crippen molar-refractivity contribution in [2.75, 3.05) is 44.2 Å². The van der Waals surface area contributed by atoms with E-state index >= 15 is 0 Å². The fourth-order valence-electron chi connectivity index (χ4n) is 3.00. The lowest BCUT2D eigenvalue weighted by Crippen LogP contribution is -2.46. The smallest absolute Gasteiger partial charge is 0.220 e. The molecule has 2 rings (SSSR count). The summed E-state index contributed by atoms with van der Waals surface area (Å²) >= 11 is 0. The van der Waals surface area contributed by atoms with Gasteiger partial charge in [0.2, 0.25) is 5.91 Å². The maximum absolute atomic E-state index is 11.6. The zero-order valence-corrected chi connectivity index (χ0v) is 14.6. The number of anilines is 1. The Labute approximate surface area is 140 Å². The number of rotatable bonds is 8. The van der Waals surface area contributed by atoms with Gasteiger partial charge in [-0.25, -0.2) is 0 Å². The van der Waals surface area contributed by atoms with Crippen LogP contribution in [0.25, 0.3) is 0 Å². The van der Waals surface area contributed by atoms with Gasteiger partial charge in [0.05, 0.1) is 0 Å². The number of carbonyl (C=O) groups is 1. The molecule has 0 aromatic heterocycles. The Kier molecular flexibility index (Phi) is 7.40. The summed E-state index contributed by atoms with van der Waals surface area (Å²) in [5, 5.41) is 3.01. The Morgan fingerprint density at radius 3 is 2.43 bits per heavy atom. The van der Waals surface area contributed by atoms with Crippen LogP contribution in [0.4, 0.5) is 5.69 Å². The maximum atomic E-state index is 11.6. The number of nitrogens with zero attached hydrogens (tertiary/aromatic N) is 2. The van der Waals surface area contributed by atoms with E-state index in [0.717, 1.165) is 52.1 Å². The molecular formula is C19H31N3O. The number of para-hydroxylation sites is 1. The van der Waals surface area contributed by atoms with Crippen LogP contribution in [-0.4, -0.2) is 50.1 Å². The van der Waals surface area contributed by atoms with E-state index in [1.165, 1.54) is 5.69 Å². The second-order valence-corrected chi connectivity index (χ2v) is 6.82. The Morgan fingerprint density at radius 2 is 1.78 bits per heavy atom. The molecule has 0 atom stereocenters. The van der Waals surface area contributed by atoms with Crippen molar-refractivity contribution in [2.24, 2.45) is 5.92 Å². The lowest BCUT2D eigenvalue weighted by atomic mass is 10.1. The highest BCUT2D eigenvalue weighted by Crippen LogP contribution is 2.15. The van der Waals surface area contributed by atoms with Crippen molar-refractivity contribution >= 4 is 11.6 Å². The van der Waals surface area contributed by atoms with E-state index < -0.39 is 0 Å². The van der Waals surface area contributed by atoms with Crippen LogP contribution in [0.1, 0.15) is 33.1 Å². The first-order valence-electron chi connectivity index (χ1n) is 8.94. The van der Waals surface area contributed by atoms with Gasteiger partial charge in [-0.05, 0) is 37.4 Å². The molecule has 128 valence electrons. The van der Waals surface area contributed by atoms with Gasteiger partial charge in [-0.1, -0.05) is 32.0 Å². The molecule has 1 saturated heterocycles. The topological polar surface area (TPSA) is 35.6 Å². The summed E-state index contributed by atoms with van der Waals surface area (Å²) in [6, 6.07) is 10.7. The molecule has 23 heavy (non-hydrogen) atoms. The van der Waals surface area contributed by atoms with Crippen molar-refractivity contribution in [2.45, 2.75) is 33.1 Å². The van der Waals surface area contributed by atoms with Crippen LogP contribution in [0.15, 0.2) is 30.3 Å². The molecule has 0 unspecified atom stereocenters. The minimum Gasteiger partial charge on any atom is -0.369 e. The molecule has 1 aliphatic rings. The first-order chi connectivity index (χ1) is 11.1. The predicted molar refractivity (Wildman–Crippen MR) is 96.8 cm³/mol. The van der Waals surface area contributed by atoms with Gasteiger partial charge in [-0.15, -0.1) is 0 Å². The Hall–Kier alpha value is -1.55. The van der Waals surface area contributed by atoms with Gasteiger partial charge in [-0.2, -0.15) is 0 Å². The molecule has 4 nitrogen and oxygen atoms in total. The summed E-state index contributed by atoms with van der Waals surface area (Å²) < 4.78 is 0. The number of piperazine rings is 1. The predicted octanol–water partition coefficient (Wildman–Crippen LogP) is 2.75. The van der Waals surface area contributed by atoms with Crippen molar-refractivity contribution < 1.29 is 4.79 Å². The highest BCUT2D eigenvalue weighted by molar-refractivity contribution is 5.75. The van der Waals surface area contributed by atoms with Crippen LogP contribution in [0.5, 0.6) is 0 Å². The average Bonchev–Trinajstić information content (AvgIpc) is 2.55. The fourth-order valence-corrected chi connectivity index (χ4v) is 3.00. The summed E-state index contributed by atoms with van der Waals surface area (Å²) in [6.45, 7) is 10.6. The molecule has 1 aromatic carbocycles. The summed E-state index contributed by atoms with van der Waals surface area (Å²) in [5.41, 5.74) is 1.33. The van der Waals surface area contributed by atoms with Crippen LogP contribution in [0, 0.1) is 5.92 Å². The third-order valence-electron chi connectivity index (χ3n) is 4.31. The zero-order valence-electron chi connectivity index (χ0n) is 14.6. The van der Waals surface area contributed by atoms with Crippen molar-refractivity contribution in [3.8, 4) is 0 Å². The number of carbonyl (C=O) groups excluding carboxylic acids is 1. The molecule has 0 saturated carbocycles. The molecule has 0 spiro atoms. The summed E-state index contributed by atoms with van der Waals surface area (Å²) in [5.74, 6) is 0.632. The minimum atomic E-state index is 0.191. The SMILES string of the molecule is CC(C)CC(=O)NCCCCN1CCN(c2ccccc2)CC1. The minimum absolute atomic E-state index is 0.191. The van der Waals surface area contributed by atoms with Gasteiger partial charge in [0.15, 0.2) is 0 Å². The molecular weight excluding hydrogens is 286 g/mol. The number of hydrogen-bond donors (Lipinski definition) is 1. The lowest BCUT2D eigenvalue weighted by Gasteiger charge is -2.36. The largest absolute Gasteiger partial charge is 0.369 e. The molecule has 1 aliphatic heterocycles. The molecule has 1 heterocycles. The van der Waals surface area contributed by atoms with Crippen molar-refractivity contribution in [3.05, 3.63) is 30.3 Å². The van der Waals surface area contributed by atoms with Crippen LogP contribution in [0.3, 0.4) is 0 Å². The Bertz CT molecular complexity index is 453. The monoisotopic (exact) mass is 317 g/mol. The number of amides is 1. The van der Waals surface area contributed by atoms with Gasteiger partial charge in [0.1, 0.15) is 0 Å². The first-order valence-corrected chi connectivity index (χ1v) is 8.94. The van der Waals surface area contributed by atoms with Crippen LogP contribution in [-0.2, 0) is 4.79 Å². The van der Waals surface area contributed by atoms with Gasteiger partial charge >= 0.3 is 0 Å². The number of nitrogens with one attached hydrogen (secondary N) is 1. The van der Waals surface area contributed by atoms with Gasteiger partial charge in [-0.3, -0.25) is 9.69 Å². The van der Waals surface area contributed by atoms with E-state index in [1.807, 2.05) is 0 Å². The van der Waals surface area contributed by atoms with Crippen molar-refractivity contribution in [3.63, 3.8) is 0 Å². The Balaban J connectivity index is 1.54. The van der Waals surface area contributed by atoms with E-state index in [0.29, 0.717) is 12.3 Å². The van der Waals surface area contributed by atoms with Gasteiger partial charge in [0.25, 0.3) is 0 Å². The molecule has 4 heteroatoms. The first kappa shape index (κ1) is 17.8. The van der Waals surface area contributed by atoms with Gasteiger partial charge < -0.3 is 10.2 Å². The highest BCUT2D eigenvalue weighted by Gasteiger charge is 2.16. The van der Waals surface area contributed by atoms with Crippen LogP contribution >= 0.6 is 0 Å². The zero-order chi connectivity index (χ0) is 16.5. The molecule has 1 N–H and O–H groups in total. The second kappa shape index (κ2) is 9.56. The standard InChI is InChI=1S/C19H31N3O/c1-17(2)16-19(23)20-10-6-7-11-21-12-14-22(15-13-21)18-8-4-3-5-9-18/h3-5,8-9,17H,6-7,10-16H2,1-2H3,(H,20,23). The quantitative estimate of drug-likeness (QED) is 0.749. The number of hydrogen-bond acceptors (Lipinski definition) is 3. The van der Waals surface area contributed by atoms with Crippen molar-refractivity contribution in [1.29, 1.82) is 0 Å². The molecule has 1 aromatic rings. The number of benzene rings is 1. The molecule has 0 aliphatic carbocycles. The summed E-state index contributed by atoms with van der Waals surface area (Å²) in [4.78, 5) is 16.6. The van der Waals surface area contributed by atoms with E-state index in [1.54, 1.807) is 0 Å². The molecule has 0 radical (unpaired) electrons. The summed E-state index contributed by atoms with van der Waals surface area (Å²) in [7, 11) is 0. The van der Waals surface area contributed by atoms with Crippen LogP contribution < -0.4 is 10.2 Å². The third-order valence-corrected chi connectivity index (χ3v) is 4.31. The fraction of sp³-hybridized carbons (Fsp3) is 0.632. The number of unbranched alkanes of at least 4 members (excludes halogenated alkanes) is 1. The Morgan fingerprint density at radius 1 is 1.09 bits per heavy atom. The van der Waals surface area contributed by atoms with E-state index in [2.05, 4.69) is 59.3 Å². The normalized spacial score (nSPS) is 15.9.